The number of methoxy groups -OCH3 is 2. The number of hydrogen-bond acceptors (Lipinski definition) is 5. The lowest BCUT2D eigenvalue weighted by Crippen LogP contribution is -1.98. The second-order valence-corrected chi connectivity index (χ2v) is 1.72. The van der Waals surface area contributed by atoms with E-state index in [4.69, 9.17) is 5.11 Å². The molecule has 0 aromatic carbocycles. The Morgan fingerprint density at radius 3 is 1.85 bits per heavy atom. The first kappa shape index (κ1) is 14.7. The molecule has 80 valence electrons. The van der Waals surface area contributed by atoms with E-state index in [9.17, 15) is 4.79 Å². The largest absolute Gasteiger partial charge is 0.505 e. The fourth-order valence-corrected chi connectivity index (χ4v) is 0.324. The molecule has 0 unspecified atom stereocenters. The molecule has 0 radical (unpaired) electrons. The van der Waals surface area contributed by atoms with Gasteiger partial charge in [0.15, 0.2) is 0 Å². The number of carbonyl (C=O) groups is 1. The molecule has 0 aliphatic rings. The minimum Gasteiger partial charge on any atom is -0.450 e. The summed E-state index contributed by atoms with van der Waals surface area (Å²) in [6.45, 7) is 2.45. The van der Waals surface area contributed by atoms with Crippen molar-refractivity contribution in [2.24, 2.45) is 0 Å². The van der Waals surface area contributed by atoms with Gasteiger partial charge in [-0.25, -0.2) is 4.79 Å². The van der Waals surface area contributed by atoms with Crippen molar-refractivity contribution >= 4 is 6.16 Å². The zero-order valence-corrected chi connectivity index (χ0v) is 8.11. The average molecular weight is 196 g/mol. The summed E-state index contributed by atoms with van der Waals surface area (Å²) in [6, 6.07) is 0. The van der Waals surface area contributed by atoms with Crippen LogP contribution in [0, 0.1) is 0 Å². The molecule has 6 heteroatoms. The summed E-state index contributed by atoms with van der Waals surface area (Å²) < 4.78 is 17.7. The highest BCUT2D eigenvalue weighted by Crippen LogP contribution is 1.72. The second-order valence-electron chi connectivity index (χ2n) is 1.72. The molecule has 0 atom stereocenters. The Bertz CT molecular complexity index is 101. The standard InChI is InChI=1S/C4H10O3.C3H6O3/c1-5-3-7-4-6-2;1-2-6-3(4)5/h3-4H2,1-2H3;2H2,1H3,(H,4,5). The normalized spacial score (nSPS) is 8.54. The number of rotatable bonds is 5. The molecule has 0 rings (SSSR count). The summed E-state index contributed by atoms with van der Waals surface area (Å²) in [6.07, 6.45) is -1.21. The van der Waals surface area contributed by atoms with Crippen LogP contribution in [0.1, 0.15) is 6.92 Å². The van der Waals surface area contributed by atoms with Crippen molar-refractivity contribution in [2.75, 3.05) is 34.4 Å². The summed E-state index contributed by atoms with van der Waals surface area (Å²) in [5.41, 5.74) is 0. The number of hydrogen-bond donors (Lipinski definition) is 1. The van der Waals surface area contributed by atoms with Crippen LogP contribution in [0.3, 0.4) is 0 Å². The fraction of sp³-hybridized carbons (Fsp3) is 0.857. The van der Waals surface area contributed by atoms with E-state index in [1.807, 2.05) is 0 Å². The molecular formula is C7H16O6. The van der Waals surface area contributed by atoms with Gasteiger partial charge in [-0.3, -0.25) is 0 Å². The fourth-order valence-electron chi connectivity index (χ4n) is 0.324. The maximum atomic E-state index is 9.38. The Hall–Kier alpha value is -0.850. The summed E-state index contributed by atoms with van der Waals surface area (Å²) in [5, 5.41) is 7.69. The molecule has 0 aliphatic carbocycles. The van der Waals surface area contributed by atoms with Crippen molar-refractivity contribution in [1.82, 2.24) is 0 Å². The average Bonchev–Trinajstić information content (AvgIpc) is 2.06. The quantitative estimate of drug-likeness (QED) is 0.400. The SMILES string of the molecule is CCOC(=O)O.COCOCOC. The first-order valence-corrected chi connectivity index (χ1v) is 3.60. The monoisotopic (exact) mass is 196 g/mol. The number of ether oxygens (including phenoxy) is 4. The highest BCUT2D eigenvalue weighted by molar-refractivity contribution is 5.56. The van der Waals surface area contributed by atoms with Crippen LogP contribution in [-0.4, -0.2) is 45.7 Å². The summed E-state index contributed by atoms with van der Waals surface area (Å²) in [5.74, 6) is 0. The zero-order valence-electron chi connectivity index (χ0n) is 8.11. The summed E-state index contributed by atoms with van der Waals surface area (Å²) in [4.78, 5) is 9.38. The minimum atomic E-state index is -1.21. The van der Waals surface area contributed by atoms with Gasteiger partial charge in [0.1, 0.15) is 13.6 Å². The maximum Gasteiger partial charge on any atom is 0.505 e. The van der Waals surface area contributed by atoms with E-state index < -0.39 is 6.16 Å². The molecule has 0 aromatic rings. The van der Waals surface area contributed by atoms with E-state index in [-0.39, 0.29) is 6.61 Å². The Labute approximate surface area is 77.3 Å². The van der Waals surface area contributed by atoms with Gasteiger partial charge < -0.3 is 24.1 Å². The van der Waals surface area contributed by atoms with Gasteiger partial charge in [0.2, 0.25) is 0 Å². The highest BCUT2D eigenvalue weighted by Gasteiger charge is 1.86. The van der Waals surface area contributed by atoms with Crippen LogP contribution in [0.4, 0.5) is 4.79 Å². The van der Waals surface area contributed by atoms with Gasteiger partial charge in [-0.1, -0.05) is 0 Å². The summed E-state index contributed by atoms with van der Waals surface area (Å²) in [7, 11) is 3.13. The topological polar surface area (TPSA) is 74.2 Å². The Morgan fingerprint density at radius 2 is 1.69 bits per heavy atom. The van der Waals surface area contributed by atoms with Crippen molar-refractivity contribution < 1.29 is 28.8 Å². The Balaban J connectivity index is 0. The van der Waals surface area contributed by atoms with E-state index >= 15 is 0 Å². The molecule has 0 saturated carbocycles. The van der Waals surface area contributed by atoms with Crippen LogP contribution in [0.5, 0.6) is 0 Å². The second kappa shape index (κ2) is 13.7. The van der Waals surface area contributed by atoms with E-state index in [1.54, 1.807) is 21.1 Å². The van der Waals surface area contributed by atoms with Crippen LogP contribution >= 0.6 is 0 Å². The van der Waals surface area contributed by atoms with Gasteiger partial charge in [0.05, 0.1) is 6.61 Å². The third-order valence-electron chi connectivity index (χ3n) is 0.670. The molecule has 0 aliphatic heterocycles. The van der Waals surface area contributed by atoms with E-state index in [0.29, 0.717) is 13.6 Å². The number of carboxylic acid groups (broad SMARTS) is 1. The lowest BCUT2D eigenvalue weighted by atomic mass is 10.9. The highest BCUT2D eigenvalue weighted by atomic mass is 16.7. The third kappa shape index (κ3) is 24.7. The van der Waals surface area contributed by atoms with Crippen LogP contribution in [0.25, 0.3) is 0 Å². The Kier molecular flexibility index (Phi) is 15.5. The molecule has 0 aromatic heterocycles. The van der Waals surface area contributed by atoms with Crippen LogP contribution in [0.2, 0.25) is 0 Å². The molecule has 0 saturated heterocycles. The van der Waals surface area contributed by atoms with Crippen LogP contribution < -0.4 is 0 Å². The molecular weight excluding hydrogens is 180 g/mol. The molecule has 0 heterocycles. The van der Waals surface area contributed by atoms with Gasteiger partial charge in [-0.2, -0.15) is 0 Å². The summed E-state index contributed by atoms with van der Waals surface area (Å²) >= 11 is 0. The van der Waals surface area contributed by atoms with Crippen LogP contribution in [0.15, 0.2) is 0 Å². The minimum absolute atomic E-state index is 0.231. The molecule has 0 spiro atoms. The molecule has 13 heavy (non-hydrogen) atoms. The lowest BCUT2D eigenvalue weighted by molar-refractivity contribution is -0.107. The lowest BCUT2D eigenvalue weighted by Gasteiger charge is -1.97. The van der Waals surface area contributed by atoms with Gasteiger partial charge in [-0.05, 0) is 6.92 Å². The van der Waals surface area contributed by atoms with Crippen molar-refractivity contribution in [1.29, 1.82) is 0 Å². The van der Waals surface area contributed by atoms with Crippen molar-refractivity contribution in [3.63, 3.8) is 0 Å². The molecule has 0 amide bonds. The van der Waals surface area contributed by atoms with Crippen molar-refractivity contribution in [3.8, 4) is 0 Å². The van der Waals surface area contributed by atoms with E-state index in [1.165, 1.54) is 0 Å². The molecule has 0 fully saturated rings. The predicted molar refractivity (Wildman–Crippen MR) is 44.5 cm³/mol. The Morgan fingerprint density at radius 1 is 1.23 bits per heavy atom. The van der Waals surface area contributed by atoms with Gasteiger partial charge in [0, 0.05) is 14.2 Å². The van der Waals surface area contributed by atoms with E-state index in [0.717, 1.165) is 0 Å². The van der Waals surface area contributed by atoms with Crippen molar-refractivity contribution in [3.05, 3.63) is 0 Å². The third-order valence-corrected chi connectivity index (χ3v) is 0.670. The molecule has 0 bridgehead atoms. The first-order valence-electron chi connectivity index (χ1n) is 3.60. The van der Waals surface area contributed by atoms with Gasteiger partial charge >= 0.3 is 6.16 Å². The van der Waals surface area contributed by atoms with Crippen LogP contribution in [-0.2, 0) is 18.9 Å². The zero-order chi connectivity index (χ0) is 10.5. The smallest absolute Gasteiger partial charge is 0.450 e. The molecule has 1 N–H and O–H groups in total. The van der Waals surface area contributed by atoms with E-state index in [2.05, 4.69) is 18.9 Å². The first-order chi connectivity index (χ1) is 6.18. The van der Waals surface area contributed by atoms with Crippen molar-refractivity contribution in [2.45, 2.75) is 6.92 Å². The predicted octanol–water partition coefficient (Wildman–Crippen LogP) is 0.912. The molecule has 6 nitrogen and oxygen atoms in total. The van der Waals surface area contributed by atoms with Gasteiger partial charge in [0.25, 0.3) is 0 Å². The maximum absolute atomic E-state index is 9.38. The van der Waals surface area contributed by atoms with Gasteiger partial charge in [-0.15, -0.1) is 0 Å².